The van der Waals surface area contributed by atoms with Crippen molar-refractivity contribution in [3.8, 4) is 0 Å². The van der Waals surface area contributed by atoms with Crippen molar-refractivity contribution in [1.82, 2.24) is 14.4 Å². The first kappa shape index (κ1) is 33.2. The highest BCUT2D eigenvalue weighted by Crippen LogP contribution is 2.29. The zero-order valence-corrected chi connectivity index (χ0v) is 26.0. The van der Waals surface area contributed by atoms with Crippen LogP contribution in [-0.2, 0) is 4.74 Å². The molecule has 0 saturated carbocycles. The number of anilines is 1. The van der Waals surface area contributed by atoms with Gasteiger partial charge in [0.05, 0.1) is 35.0 Å². The third kappa shape index (κ3) is 9.63. The number of halogens is 1. The lowest BCUT2D eigenvalue weighted by Gasteiger charge is -2.10. The van der Waals surface area contributed by atoms with Crippen LogP contribution in [0.3, 0.4) is 0 Å². The van der Waals surface area contributed by atoms with Gasteiger partial charge < -0.3 is 10.1 Å². The number of fused-ring (bicyclic) bond motifs is 1. The molecular weight excluding hydrogens is 574 g/mol. The maximum Gasteiger partial charge on any atom is 0.338 e. The molecule has 9 nitrogen and oxygen atoms in total. The molecule has 42 heavy (non-hydrogen) atoms. The number of unbranched alkanes of at least 4 members (excludes halogenated alkanes) is 10. The summed E-state index contributed by atoms with van der Waals surface area (Å²) in [5.74, 6) is -0.411. The van der Waals surface area contributed by atoms with E-state index in [1.54, 1.807) is 0 Å². The van der Waals surface area contributed by atoms with E-state index in [2.05, 4.69) is 34.0 Å². The second-order valence-electron chi connectivity index (χ2n) is 10.2. The highest BCUT2D eigenvalue weighted by atomic mass is 35.5. The monoisotopic (exact) mass is 613 g/mol. The van der Waals surface area contributed by atoms with Crippen LogP contribution in [0.4, 0.5) is 11.4 Å². The molecule has 0 aliphatic heterocycles. The van der Waals surface area contributed by atoms with Gasteiger partial charge in [0.25, 0.3) is 0 Å². The predicted octanol–water partition coefficient (Wildman–Crippen LogP) is 8.45. The molecule has 0 fully saturated rings. The molecule has 0 atom stereocenters. The van der Waals surface area contributed by atoms with Gasteiger partial charge in [-0.25, -0.2) is 19.4 Å². The molecule has 3 aromatic rings. The number of aromatic nitrogens is 3. The molecule has 2 heterocycles. The van der Waals surface area contributed by atoms with Crippen LogP contribution < -0.4 is 11.0 Å². The van der Waals surface area contributed by atoms with Gasteiger partial charge in [0.15, 0.2) is 5.16 Å². The van der Waals surface area contributed by atoms with Gasteiger partial charge in [-0.2, -0.15) is 0 Å². The summed E-state index contributed by atoms with van der Waals surface area (Å²) in [5.41, 5.74) is -0.0498. The number of amides is 1. The van der Waals surface area contributed by atoms with Crippen LogP contribution >= 0.6 is 23.4 Å². The fraction of sp³-hybridized carbons (Fsp3) is 0.516. The number of nitrogens with one attached hydrogen (secondary N) is 2. The Balaban J connectivity index is 1.60. The van der Waals surface area contributed by atoms with Crippen LogP contribution in [-0.4, -0.2) is 38.6 Å². The zero-order valence-electron chi connectivity index (χ0n) is 24.5. The van der Waals surface area contributed by atoms with Gasteiger partial charge in [-0.05, 0) is 31.0 Å². The van der Waals surface area contributed by atoms with Crippen molar-refractivity contribution in [1.29, 1.82) is 0 Å². The number of benzene rings is 1. The number of hydrogen-bond acceptors (Lipinski definition) is 6. The van der Waals surface area contributed by atoms with Gasteiger partial charge in [0.1, 0.15) is 5.65 Å². The number of hydrogen-bond donors (Lipinski definition) is 2. The first-order valence-electron chi connectivity index (χ1n) is 14.8. The Kier molecular flexibility index (Phi) is 13.9. The maximum absolute atomic E-state index is 13.4. The second kappa shape index (κ2) is 17.6. The average Bonchev–Trinajstić information content (AvgIpc) is 3.36. The van der Waals surface area contributed by atoms with E-state index in [1.807, 2.05) is 0 Å². The molecule has 0 aliphatic rings. The summed E-state index contributed by atoms with van der Waals surface area (Å²) in [6.07, 6.45) is 15.1. The largest absolute Gasteiger partial charge is 0.462 e. The molecular formula is C31H40ClN5O4S. The number of esters is 1. The zero-order chi connectivity index (χ0) is 30.3. The maximum atomic E-state index is 13.4. The summed E-state index contributed by atoms with van der Waals surface area (Å²) < 4.78 is 6.59. The van der Waals surface area contributed by atoms with E-state index in [1.165, 1.54) is 81.1 Å². The number of thioether (sulfide) groups is 1. The summed E-state index contributed by atoms with van der Waals surface area (Å²) in [4.78, 5) is 49.2. The van der Waals surface area contributed by atoms with E-state index in [4.69, 9.17) is 22.9 Å². The Bertz CT molecular complexity index is 1450. The minimum absolute atomic E-state index is 0.0237. The van der Waals surface area contributed by atoms with Gasteiger partial charge in [0.2, 0.25) is 11.6 Å². The Hall–Kier alpha value is -3.29. The fourth-order valence-electron chi connectivity index (χ4n) is 4.48. The van der Waals surface area contributed by atoms with E-state index < -0.39 is 17.6 Å². The Morgan fingerprint density at radius 3 is 2.38 bits per heavy atom. The molecule has 2 N–H and O–H groups in total. The van der Waals surface area contributed by atoms with Gasteiger partial charge in [-0.15, -0.1) is 0 Å². The number of rotatable bonds is 18. The van der Waals surface area contributed by atoms with Crippen LogP contribution in [0.2, 0.25) is 5.02 Å². The Labute approximate surface area is 256 Å². The summed E-state index contributed by atoms with van der Waals surface area (Å²) >= 11 is 7.71. The highest BCUT2D eigenvalue weighted by molar-refractivity contribution is 7.99. The lowest BCUT2D eigenvalue weighted by molar-refractivity contribution is 0.0497. The average molecular weight is 614 g/mol. The van der Waals surface area contributed by atoms with Crippen molar-refractivity contribution in [2.75, 3.05) is 17.7 Å². The molecule has 2 aromatic heterocycles. The van der Waals surface area contributed by atoms with Gasteiger partial charge >= 0.3 is 11.7 Å². The lowest BCUT2D eigenvalue weighted by Crippen LogP contribution is -2.19. The van der Waals surface area contributed by atoms with Crippen molar-refractivity contribution in [3.63, 3.8) is 0 Å². The Morgan fingerprint density at radius 2 is 1.71 bits per heavy atom. The molecule has 0 spiro atoms. The van der Waals surface area contributed by atoms with Crippen molar-refractivity contribution < 1.29 is 14.3 Å². The van der Waals surface area contributed by atoms with Crippen LogP contribution in [0, 0.1) is 6.57 Å². The molecule has 0 aliphatic carbocycles. The molecule has 1 aromatic carbocycles. The summed E-state index contributed by atoms with van der Waals surface area (Å²) in [6, 6.07) is 4.49. The van der Waals surface area contributed by atoms with E-state index >= 15 is 0 Å². The molecule has 3 rings (SSSR count). The quantitative estimate of drug-likeness (QED) is 0.0644. The summed E-state index contributed by atoms with van der Waals surface area (Å²) in [5, 5.41) is 3.27. The molecule has 0 unspecified atom stereocenters. The van der Waals surface area contributed by atoms with Crippen molar-refractivity contribution in [2.45, 2.75) is 96.1 Å². The van der Waals surface area contributed by atoms with Crippen LogP contribution in [0.5, 0.6) is 0 Å². The molecule has 0 bridgehead atoms. The van der Waals surface area contributed by atoms with E-state index in [0.717, 1.165) is 42.3 Å². The minimum Gasteiger partial charge on any atom is -0.462 e. The summed E-state index contributed by atoms with van der Waals surface area (Å²) in [6.45, 7) is 12.2. The lowest BCUT2D eigenvalue weighted by atomic mass is 10.1. The molecule has 0 radical (unpaired) electrons. The van der Waals surface area contributed by atoms with Gasteiger partial charge in [-0.3, -0.25) is 14.2 Å². The molecule has 1 amide bonds. The number of ether oxygens (including phenoxy) is 1. The smallest absolute Gasteiger partial charge is 0.338 e. The standard InChI is InChI=1S/C31H40ClN5O4S/c1-4-6-8-9-10-11-12-13-14-15-18-41-29(39)22-16-17-23(32)24(20-22)34-28(38)26-25(33-3)21-37-27(26)35-30(36-31(37)40)42-19-7-5-2/h16-17,20-21H,4-15,18-19H2,1-2H3,(H,34,38)(H,35,36,40). The molecule has 226 valence electrons. The normalized spacial score (nSPS) is 11.0. The Morgan fingerprint density at radius 1 is 1.05 bits per heavy atom. The number of H-pyrrole nitrogens is 1. The first-order valence-corrected chi connectivity index (χ1v) is 16.2. The topological polar surface area (TPSA) is 110 Å². The number of carbonyl (C=O) groups is 2. The van der Waals surface area contributed by atoms with Crippen molar-refractivity contribution in [2.24, 2.45) is 0 Å². The van der Waals surface area contributed by atoms with Crippen LogP contribution in [0.25, 0.3) is 10.5 Å². The minimum atomic E-state index is -0.663. The SMILES string of the molecule is [C-]#[N+]c1cn2c(=O)[nH]c(SCCCC)nc2c1C(=O)Nc1cc(C(=O)OCCCCCCCCCCCC)ccc1Cl. The third-order valence-corrected chi connectivity index (χ3v) is 8.15. The van der Waals surface area contributed by atoms with E-state index in [-0.39, 0.29) is 33.2 Å². The number of carbonyl (C=O) groups excluding carboxylic acids is 2. The number of nitrogens with zero attached hydrogens (tertiary/aromatic N) is 3. The molecule has 0 saturated heterocycles. The first-order chi connectivity index (χ1) is 20.4. The van der Waals surface area contributed by atoms with Gasteiger partial charge in [0, 0.05) is 11.9 Å². The van der Waals surface area contributed by atoms with E-state index in [0.29, 0.717) is 11.8 Å². The third-order valence-electron chi connectivity index (χ3n) is 6.86. The van der Waals surface area contributed by atoms with Crippen LogP contribution in [0.1, 0.15) is 112 Å². The predicted molar refractivity (Wildman–Crippen MR) is 169 cm³/mol. The van der Waals surface area contributed by atoms with Gasteiger partial charge in [-0.1, -0.05) is 101 Å². The second-order valence-corrected chi connectivity index (χ2v) is 11.7. The van der Waals surface area contributed by atoms with Crippen molar-refractivity contribution >= 4 is 52.3 Å². The highest BCUT2D eigenvalue weighted by Gasteiger charge is 2.23. The van der Waals surface area contributed by atoms with E-state index in [9.17, 15) is 14.4 Å². The number of aromatic amines is 1. The fourth-order valence-corrected chi connectivity index (χ4v) is 5.58. The molecule has 11 heteroatoms. The van der Waals surface area contributed by atoms with Crippen molar-refractivity contribution in [3.05, 3.63) is 62.4 Å². The van der Waals surface area contributed by atoms with Crippen LogP contribution in [0.15, 0.2) is 34.3 Å². The summed E-state index contributed by atoms with van der Waals surface area (Å²) in [7, 11) is 0.